The van der Waals surface area contributed by atoms with E-state index < -0.39 is 21.8 Å². The Hall–Kier alpha value is -2.59. The number of alkyl halides is 3. The topological polar surface area (TPSA) is 69.7 Å². The van der Waals surface area contributed by atoms with Crippen LogP contribution in [0.15, 0.2) is 42.5 Å². The minimum absolute atomic E-state index is 0.0176. The molecule has 1 N–H and O–H groups in total. The van der Waals surface area contributed by atoms with Gasteiger partial charge in [-0.2, -0.15) is 13.2 Å². The minimum atomic E-state index is -4.35. The lowest BCUT2D eigenvalue weighted by Crippen LogP contribution is -2.44. The Labute approximate surface area is 191 Å². The molecule has 0 bridgehead atoms. The van der Waals surface area contributed by atoms with Gasteiger partial charge in [-0.1, -0.05) is 18.2 Å². The van der Waals surface area contributed by atoms with Gasteiger partial charge in [0.05, 0.1) is 17.5 Å². The maximum Gasteiger partial charge on any atom is 0.416 e. The molecule has 6 nitrogen and oxygen atoms in total. The molecule has 1 amide bonds. The highest BCUT2D eigenvalue weighted by Crippen LogP contribution is 2.31. The Morgan fingerprint density at radius 2 is 1.82 bits per heavy atom. The predicted octanol–water partition coefficient (Wildman–Crippen LogP) is 3.42. The molecule has 0 atom stereocenters. The smallest absolute Gasteiger partial charge is 0.349 e. The molecular formula is C23H26F3N3O3S. The highest BCUT2D eigenvalue weighted by Gasteiger charge is 2.31. The van der Waals surface area contributed by atoms with E-state index in [1.165, 1.54) is 22.7 Å². The summed E-state index contributed by atoms with van der Waals surface area (Å²) < 4.78 is 63.9. The number of halogens is 3. The summed E-state index contributed by atoms with van der Waals surface area (Å²) in [6.45, 7) is 2.17. The van der Waals surface area contributed by atoms with Gasteiger partial charge >= 0.3 is 6.18 Å². The third kappa shape index (κ3) is 5.50. The van der Waals surface area contributed by atoms with E-state index in [0.29, 0.717) is 62.3 Å². The summed E-state index contributed by atoms with van der Waals surface area (Å²) in [6, 6.07) is 10.4. The van der Waals surface area contributed by atoms with Crippen molar-refractivity contribution in [3.05, 3.63) is 64.7 Å². The van der Waals surface area contributed by atoms with Gasteiger partial charge in [-0.3, -0.25) is 14.0 Å². The van der Waals surface area contributed by atoms with Crippen LogP contribution in [0.3, 0.4) is 0 Å². The van der Waals surface area contributed by atoms with E-state index >= 15 is 0 Å². The Morgan fingerprint density at radius 1 is 1.09 bits per heavy atom. The third-order valence-corrected chi connectivity index (χ3v) is 7.36. The quantitative estimate of drug-likeness (QED) is 0.711. The summed E-state index contributed by atoms with van der Waals surface area (Å²) in [5, 5.41) is 3.03. The van der Waals surface area contributed by atoms with E-state index in [9.17, 15) is 26.4 Å². The van der Waals surface area contributed by atoms with Gasteiger partial charge < -0.3 is 5.32 Å². The number of anilines is 1. The average molecular weight is 482 g/mol. The monoisotopic (exact) mass is 481 g/mol. The minimum Gasteiger partial charge on any atom is -0.349 e. The zero-order valence-electron chi connectivity index (χ0n) is 18.2. The largest absolute Gasteiger partial charge is 0.416 e. The molecule has 2 aromatic rings. The summed E-state index contributed by atoms with van der Waals surface area (Å²) >= 11 is 0. The fourth-order valence-corrected chi connectivity index (χ4v) is 5.42. The molecule has 1 fully saturated rings. The van der Waals surface area contributed by atoms with Crippen molar-refractivity contribution < 1.29 is 26.4 Å². The SMILES string of the molecule is CS(=O)(=O)N1CCc2cc(C(=O)NC3CCN(Cc4cccc(C(F)(F)F)c4)CC3)ccc21. The number of nitrogens with zero attached hydrogens (tertiary/aromatic N) is 2. The standard InChI is InChI=1S/C23H26F3N3O3S/c1-33(31,32)29-12-7-17-14-18(5-6-21(17)29)22(30)27-20-8-10-28(11-9-20)15-16-3-2-4-19(13-16)23(24,25)26/h2-6,13-14,20H,7-12,15H2,1H3,(H,27,30). The lowest BCUT2D eigenvalue weighted by molar-refractivity contribution is -0.137. The molecule has 178 valence electrons. The summed E-state index contributed by atoms with van der Waals surface area (Å²) in [5.74, 6) is -0.202. The summed E-state index contributed by atoms with van der Waals surface area (Å²) in [6.07, 6.45) is -1.21. The van der Waals surface area contributed by atoms with Crippen molar-refractivity contribution in [1.29, 1.82) is 0 Å². The maximum absolute atomic E-state index is 12.9. The van der Waals surface area contributed by atoms with Crippen LogP contribution in [0.2, 0.25) is 0 Å². The number of rotatable bonds is 5. The summed E-state index contributed by atoms with van der Waals surface area (Å²) in [4.78, 5) is 14.8. The fourth-order valence-electron chi connectivity index (χ4n) is 4.47. The van der Waals surface area contributed by atoms with Crippen molar-refractivity contribution in [1.82, 2.24) is 10.2 Å². The van der Waals surface area contributed by atoms with Crippen LogP contribution in [-0.4, -0.2) is 51.2 Å². The molecular weight excluding hydrogens is 455 g/mol. The number of amides is 1. The molecule has 1 saturated heterocycles. The highest BCUT2D eigenvalue weighted by molar-refractivity contribution is 7.92. The molecule has 0 aromatic heterocycles. The van der Waals surface area contributed by atoms with Crippen LogP contribution < -0.4 is 9.62 Å². The van der Waals surface area contributed by atoms with Gasteiger partial charge in [-0.25, -0.2) is 8.42 Å². The van der Waals surface area contributed by atoms with E-state index in [-0.39, 0.29) is 11.9 Å². The van der Waals surface area contributed by atoms with Gasteiger partial charge in [0, 0.05) is 37.8 Å². The zero-order chi connectivity index (χ0) is 23.8. The Bertz CT molecular complexity index is 1140. The first kappa shape index (κ1) is 23.6. The highest BCUT2D eigenvalue weighted by atomic mass is 32.2. The van der Waals surface area contributed by atoms with Gasteiger partial charge in [0.1, 0.15) is 0 Å². The number of likely N-dealkylation sites (tertiary alicyclic amines) is 1. The molecule has 0 aliphatic carbocycles. The number of carbonyl (C=O) groups is 1. The number of benzene rings is 2. The first-order chi connectivity index (χ1) is 15.5. The van der Waals surface area contributed by atoms with Crippen molar-refractivity contribution in [2.24, 2.45) is 0 Å². The molecule has 33 heavy (non-hydrogen) atoms. The van der Waals surface area contributed by atoms with Crippen LogP contribution in [-0.2, 0) is 29.2 Å². The molecule has 2 aliphatic rings. The van der Waals surface area contributed by atoms with Crippen LogP contribution in [0.1, 0.15) is 39.9 Å². The van der Waals surface area contributed by atoms with Crippen molar-refractivity contribution >= 4 is 21.6 Å². The van der Waals surface area contributed by atoms with E-state index in [2.05, 4.69) is 10.2 Å². The van der Waals surface area contributed by atoms with Gasteiger partial charge in [0.2, 0.25) is 10.0 Å². The summed E-state index contributed by atoms with van der Waals surface area (Å²) in [7, 11) is -3.34. The Morgan fingerprint density at radius 3 is 2.48 bits per heavy atom. The second kappa shape index (κ2) is 8.98. The first-order valence-electron chi connectivity index (χ1n) is 10.8. The molecule has 0 unspecified atom stereocenters. The number of hydrogen-bond donors (Lipinski definition) is 1. The maximum atomic E-state index is 12.9. The number of nitrogens with one attached hydrogen (secondary N) is 1. The zero-order valence-corrected chi connectivity index (χ0v) is 19.0. The van der Waals surface area contributed by atoms with Gasteiger partial charge in [-0.15, -0.1) is 0 Å². The number of piperidine rings is 1. The lowest BCUT2D eigenvalue weighted by atomic mass is 10.0. The van der Waals surface area contributed by atoms with E-state index in [0.717, 1.165) is 11.6 Å². The van der Waals surface area contributed by atoms with Crippen molar-refractivity contribution in [3.63, 3.8) is 0 Å². The van der Waals surface area contributed by atoms with Crippen LogP contribution >= 0.6 is 0 Å². The van der Waals surface area contributed by atoms with Gasteiger partial charge in [0.25, 0.3) is 5.91 Å². The first-order valence-corrected chi connectivity index (χ1v) is 12.7. The predicted molar refractivity (Wildman–Crippen MR) is 120 cm³/mol. The second-order valence-electron chi connectivity index (χ2n) is 8.65. The third-order valence-electron chi connectivity index (χ3n) is 6.18. The Balaban J connectivity index is 1.31. The number of hydrogen-bond acceptors (Lipinski definition) is 4. The second-order valence-corrected chi connectivity index (χ2v) is 10.6. The van der Waals surface area contributed by atoms with E-state index in [4.69, 9.17) is 0 Å². The molecule has 10 heteroatoms. The molecule has 0 saturated carbocycles. The lowest BCUT2D eigenvalue weighted by Gasteiger charge is -2.32. The van der Waals surface area contributed by atoms with Gasteiger partial charge in [-0.05, 0) is 54.7 Å². The van der Waals surface area contributed by atoms with E-state index in [1.807, 2.05) is 0 Å². The molecule has 2 aliphatic heterocycles. The number of sulfonamides is 1. The molecule has 2 heterocycles. The molecule has 4 rings (SSSR count). The van der Waals surface area contributed by atoms with Crippen molar-refractivity contribution in [2.45, 2.75) is 38.0 Å². The normalized spacial score (nSPS) is 17.8. The Kier molecular flexibility index (Phi) is 6.41. The van der Waals surface area contributed by atoms with Crippen LogP contribution in [0.4, 0.5) is 18.9 Å². The van der Waals surface area contributed by atoms with Crippen LogP contribution in [0.5, 0.6) is 0 Å². The molecule has 0 radical (unpaired) electrons. The van der Waals surface area contributed by atoms with Crippen LogP contribution in [0, 0.1) is 0 Å². The fraction of sp³-hybridized carbons (Fsp3) is 0.435. The molecule has 0 spiro atoms. The van der Waals surface area contributed by atoms with Gasteiger partial charge in [0.15, 0.2) is 0 Å². The average Bonchev–Trinajstić information content (AvgIpc) is 3.18. The number of carbonyl (C=O) groups excluding carboxylic acids is 1. The van der Waals surface area contributed by atoms with Crippen molar-refractivity contribution in [2.75, 3.05) is 30.2 Å². The summed E-state index contributed by atoms with van der Waals surface area (Å²) in [5.41, 5.74) is 1.93. The van der Waals surface area contributed by atoms with E-state index in [1.54, 1.807) is 24.3 Å². The van der Waals surface area contributed by atoms with Crippen molar-refractivity contribution in [3.8, 4) is 0 Å². The molecule has 2 aromatic carbocycles. The van der Waals surface area contributed by atoms with Crippen LogP contribution in [0.25, 0.3) is 0 Å². The number of fused-ring (bicyclic) bond motifs is 1.